The Kier molecular flexibility index (Phi) is 16.2. The zero-order chi connectivity index (χ0) is 41.0. The molecule has 4 aromatic rings. The van der Waals surface area contributed by atoms with Gasteiger partial charge in [-0.2, -0.15) is 5.26 Å². The largest absolute Gasteiger partial charge is 0.506 e. The molecule has 0 aliphatic heterocycles. The second-order valence-electron chi connectivity index (χ2n) is 10.9. The van der Waals surface area contributed by atoms with Crippen LogP contribution in [0.5, 0.6) is 23.3 Å². The van der Waals surface area contributed by atoms with Crippen molar-refractivity contribution in [2.45, 2.75) is 33.4 Å². The Balaban J connectivity index is 0.000000380. The van der Waals surface area contributed by atoms with E-state index in [9.17, 15) is 50.4 Å². The van der Waals surface area contributed by atoms with Crippen molar-refractivity contribution in [3.8, 4) is 29.3 Å². The molecule has 2 heterocycles. The molecule has 293 valence electrons. The second-order valence-corrected chi connectivity index (χ2v) is 10.9. The number of phenolic OH excluding ortho intramolecular Hbond substituents is 2. The summed E-state index contributed by atoms with van der Waals surface area (Å²) in [7, 11) is 2.83. The van der Waals surface area contributed by atoms with E-state index >= 15 is 0 Å². The van der Waals surface area contributed by atoms with Crippen molar-refractivity contribution in [1.82, 2.24) is 9.13 Å². The average Bonchev–Trinajstić information content (AvgIpc) is 3.15. The van der Waals surface area contributed by atoms with E-state index in [2.05, 4.69) is 38.6 Å². The van der Waals surface area contributed by atoms with E-state index in [-0.39, 0.29) is 98.1 Å². The number of hydrogen-bond donors (Lipinski definition) is 3. The van der Waals surface area contributed by atoms with Crippen molar-refractivity contribution in [2.75, 3.05) is 14.2 Å². The topological polar surface area (TPSA) is 286 Å². The van der Waals surface area contributed by atoms with Crippen LogP contribution in [0, 0.1) is 38.5 Å². The van der Waals surface area contributed by atoms with Gasteiger partial charge in [-0.3, -0.25) is 43.9 Å². The average molecular weight is 814 g/mol. The number of nitriles is 1. The number of nitro groups is 2. The number of pyridine rings is 2. The fourth-order valence-corrected chi connectivity index (χ4v) is 4.95. The molecule has 0 amide bonds. The molecule has 0 aliphatic rings. The first-order valence-corrected chi connectivity index (χ1v) is 15.8. The Labute approximate surface area is 327 Å². The van der Waals surface area contributed by atoms with Crippen LogP contribution in [0.1, 0.15) is 29.2 Å². The van der Waals surface area contributed by atoms with E-state index in [1.807, 2.05) is 6.07 Å². The maximum atomic E-state index is 12.6. The van der Waals surface area contributed by atoms with Gasteiger partial charge in [0.05, 0.1) is 22.5 Å². The van der Waals surface area contributed by atoms with Crippen molar-refractivity contribution in [3.05, 3.63) is 125 Å². The number of aromatic nitrogens is 2. The Morgan fingerprint density at radius 2 is 1.38 bits per heavy atom. The van der Waals surface area contributed by atoms with Crippen molar-refractivity contribution in [3.63, 3.8) is 0 Å². The summed E-state index contributed by atoms with van der Waals surface area (Å²) in [6, 6.07) is 8.42. The molecule has 0 unspecified atom stereocenters. The monoisotopic (exact) mass is 813 g/mol. The van der Waals surface area contributed by atoms with Crippen LogP contribution in [0.25, 0.3) is 0 Å². The fraction of sp³-hybridized carbons (Fsp3) is 0.200. The Hall–Kier alpha value is -7.31. The predicted octanol–water partition coefficient (Wildman–Crippen LogP) is 6.63. The molecule has 0 fully saturated rings. The van der Waals surface area contributed by atoms with Gasteiger partial charge in [-0.25, -0.2) is 0 Å². The minimum absolute atomic E-state index is 0. The first kappa shape index (κ1) is 44.8. The molecule has 1 radical (unpaired) electrons. The van der Waals surface area contributed by atoms with Crippen molar-refractivity contribution in [2.24, 2.45) is 25.4 Å². The van der Waals surface area contributed by atoms with Gasteiger partial charge in [0.2, 0.25) is 11.8 Å². The quantitative estimate of drug-likeness (QED) is 0.0423. The zero-order valence-electron chi connectivity index (χ0n) is 30.2. The summed E-state index contributed by atoms with van der Waals surface area (Å²) < 4.78 is 7.48. The van der Waals surface area contributed by atoms with Crippen LogP contribution >= 0.6 is 0 Å². The maximum absolute atomic E-state index is 12.6. The fourth-order valence-electron chi connectivity index (χ4n) is 4.95. The van der Waals surface area contributed by atoms with Crippen LogP contribution in [0.2, 0.25) is 0 Å². The van der Waals surface area contributed by atoms with Crippen LogP contribution in [0.15, 0.2) is 96.7 Å². The summed E-state index contributed by atoms with van der Waals surface area (Å²) in [6.07, 6.45) is 4.60. The van der Waals surface area contributed by atoms with E-state index < -0.39 is 26.8 Å². The van der Waals surface area contributed by atoms with Crippen molar-refractivity contribution in [1.29, 1.82) is 5.26 Å². The predicted molar refractivity (Wildman–Crippen MR) is 200 cm³/mol. The molecular weight excluding hydrogens is 779 g/mol. The van der Waals surface area contributed by atoms with E-state index in [1.165, 1.54) is 44.0 Å². The van der Waals surface area contributed by atoms with Crippen LogP contribution in [0.4, 0.5) is 34.1 Å². The number of aliphatic imine (C=N–C) groups is 1. The number of phenols is 2. The first-order chi connectivity index (χ1) is 26.2. The van der Waals surface area contributed by atoms with Crippen LogP contribution in [-0.4, -0.2) is 54.7 Å². The van der Waals surface area contributed by atoms with Crippen molar-refractivity contribution >= 4 is 40.3 Å². The molecule has 4 rings (SSSR count). The number of non-ortho nitro benzene ring substituents is 2. The normalized spacial score (nSPS) is 10.8. The number of methoxy groups -OCH3 is 1. The molecule has 20 nitrogen and oxygen atoms in total. The van der Waals surface area contributed by atoms with Gasteiger partial charge in [0.25, 0.3) is 22.5 Å². The molecule has 56 heavy (non-hydrogen) atoms. The first-order valence-electron chi connectivity index (χ1n) is 15.8. The van der Waals surface area contributed by atoms with Gasteiger partial charge in [-0.15, -0.1) is 33.6 Å². The number of nitrogens with zero attached hydrogens (tertiary/aromatic N) is 10. The maximum Gasteiger partial charge on any atom is 0.271 e. The number of aromatic hydroxyl groups is 3. The van der Waals surface area contributed by atoms with E-state index in [0.29, 0.717) is 12.0 Å². The van der Waals surface area contributed by atoms with Gasteiger partial charge in [0.15, 0.2) is 5.69 Å². The van der Waals surface area contributed by atoms with Crippen LogP contribution < -0.4 is 15.9 Å². The zero-order valence-corrected chi connectivity index (χ0v) is 31.3. The smallest absolute Gasteiger partial charge is 0.271 e. The third-order valence-corrected chi connectivity index (χ3v) is 7.59. The Bertz CT molecular complexity index is 2430. The van der Waals surface area contributed by atoms with Gasteiger partial charge < -0.3 is 20.1 Å². The SMILES string of the molecule is C=CCn1c(O)c(N=Nc2cc([N+](=O)[O-])ccc2O)c(CC)c(C=NC)c1=O.C=CCn1c(OC)c(N=Nc2cc([N+](=O)[O-])ccc2O)c(C)c(C#N)c1=O.[Co]. The molecule has 3 N–H and O–H groups in total. The molecule has 2 aromatic carbocycles. The van der Waals surface area contributed by atoms with Gasteiger partial charge in [-0.1, -0.05) is 19.1 Å². The summed E-state index contributed by atoms with van der Waals surface area (Å²) in [6.45, 7) is 10.5. The van der Waals surface area contributed by atoms with E-state index in [4.69, 9.17) is 4.74 Å². The number of benzene rings is 2. The Morgan fingerprint density at radius 1 is 0.875 bits per heavy atom. The molecule has 0 spiro atoms. The minimum atomic E-state index is -0.637. The van der Waals surface area contributed by atoms with E-state index in [0.717, 1.165) is 41.0 Å². The summed E-state index contributed by atoms with van der Waals surface area (Å²) in [5.41, 5.74) is -1.06. The minimum Gasteiger partial charge on any atom is -0.506 e. The molecule has 0 saturated carbocycles. The van der Waals surface area contributed by atoms with Gasteiger partial charge >= 0.3 is 0 Å². The number of ether oxygens (including phenoxy) is 1. The summed E-state index contributed by atoms with van der Waals surface area (Å²) >= 11 is 0. The van der Waals surface area contributed by atoms with Gasteiger partial charge in [0.1, 0.15) is 40.2 Å². The Morgan fingerprint density at radius 3 is 1.80 bits per heavy atom. The third kappa shape index (κ3) is 9.81. The molecule has 21 heteroatoms. The number of hydrogen-bond acceptors (Lipinski definition) is 16. The summed E-state index contributed by atoms with van der Waals surface area (Å²) in [5, 5.41) is 77.0. The number of azo groups is 2. The molecule has 0 saturated heterocycles. The van der Waals surface area contributed by atoms with Crippen LogP contribution in [-0.2, 0) is 36.3 Å². The van der Waals surface area contributed by atoms with Gasteiger partial charge in [-0.05, 0) is 31.0 Å². The number of nitro benzene ring substituents is 2. The standard InChI is InChI=1S/C18H19N5O5.C17H15N5O5.Co/c1-4-8-22-17(25)13(10-19-3)12(5-2)16(18(22)26)21-20-14-9-11(23(27)28)6-7-15(14)24;1-4-7-21-16(24)12(9-18)10(2)15(17(21)27-3)20-19-13-8-11(22(25)26)5-6-14(13)23;/h4,6-7,9-10,24,26H,1,5,8H2,2-3H3;4-6,8,23H,1,7H2,2-3H3;. The molecule has 0 atom stereocenters. The summed E-state index contributed by atoms with van der Waals surface area (Å²) in [4.78, 5) is 49.4. The van der Waals surface area contributed by atoms with Gasteiger partial charge in [0, 0.05) is 73.0 Å². The van der Waals surface area contributed by atoms with E-state index in [1.54, 1.807) is 6.92 Å². The second kappa shape index (κ2) is 20.2. The summed E-state index contributed by atoms with van der Waals surface area (Å²) in [5.74, 6) is -1.02. The third-order valence-electron chi connectivity index (χ3n) is 7.59. The molecule has 2 aromatic heterocycles. The molecular formula is C35H34CoN10O10. The molecule has 0 bridgehead atoms. The van der Waals surface area contributed by atoms with Crippen molar-refractivity contribution < 1.29 is 46.7 Å². The molecule has 0 aliphatic carbocycles. The number of allylic oxidation sites excluding steroid dienone is 2. The van der Waals surface area contributed by atoms with Crippen LogP contribution in [0.3, 0.4) is 0 Å². The number of rotatable bonds is 13.